The third-order valence-corrected chi connectivity index (χ3v) is 4.75. The van der Waals surface area contributed by atoms with Gasteiger partial charge in [-0.05, 0) is 51.4 Å². The van der Waals surface area contributed by atoms with Crippen LogP contribution in [0, 0.1) is 10.1 Å². The predicted molar refractivity (Wildman–Crippen MR) is 84.7 cm³/mol. The van der Waals surface area contributed by atoms with Crippen LogP contribution in [0.25, 0.3) is 0 Å². The van der Waals surface area contributed by atoms with E-state index in [1.54, 1.807) is 6.07 Å². The fourth-order valence-corrected chi connectivity index (χ4v) is 3.22. The van der Waals surface area contributed by atoms with E-state index in [9.17, 15) is 10.1 Å². The maximum absolute atomic E-state index is 10.7. The van der Waals surface area contributed by atoms with Gasteiger partial charge in [0.2, 0.25) is 0 Å². The van der Waals surface area contributed by atoms with E-state index in [-0.39, 0.29) is 5.69 Å². The average molecular weight is 312 g/mol. The Labute approximate surface area is 130 Å². The molecule has 2 rings (SSSR count). The zero-order valence-electron chi connectivity index (χ0n) is 12.5. The van der Waals surface area contributed by atoms with Crippen LogP contribution in [-0.4, -0.2) is 36.0 Å². The summed E-state index contributed by atoms with van der Waals surface area (Å²) in [5.41, 5.74) is 0.987. The monoisotopic (exact) mass is 311 g/mol. The topological polar surface area (TPSA) is 58.4 Å². The van der Waals surface area contributed by atoms with Crippen LogP contribution in [0.4, 0.5) is 5.69 Å². The first kappa shape index (κ1) is 16.2. The molecule has 0 heterocycles. The molecule has 0 spiro atoms. The van der Waals surface area contributed by atoms with Crippen LogP contribution < -0.4 is 5.32 Å². The number of hydrogen-bond acceptors (Lipinski definition) is 4. The first-order chi connectivity index (χ1) is 10.0. The Morgan fingerprint density at radius 1 is 1.38 bits per heavy atom. The predicted octanol–water partition coefficient (Wildman–Crippen LogP) is 3.21. The molecule has 0 amide bonds. The second-order valence-electron chi connectivity index (χ2n) is 5.74. The third-order valence-electron chi connectivity index (χ3n) is 4.40. The third kappa shape index (κ3) is 4.15. The largest absolute Gasteiger partial charge is 0.317 e. The zero-order valence-corrected chi connectivity index (χ0v) is 13.3. The van der Waals surface area contributed by atoms with Crippen LogP contribution >= 0.6 is 11.6 Å². The molecule has 1 aliphatic carbocycles. The van der Waals surface area contributed by atoms with E-state index < -0.39 is 4.92 Å². The Bertz CT molecular complexity index is 502. The first-order valence-electron chi connectivity index (χ1n) is 7.31. The van der Waals surface area contributed by atoms with E-state index in [0.29, 0.717) is 17.1 Å². The Kier molecular flexibility index (Phi) is 5.56. The van der Waals surface area contributed by atoms with Crippen molar-refractivity contribution < 1.29 is 4.92 Å². The molecule has 1 aromatic rings. The molecule has 1 N–H and O–H groups in total. The molecule has 5 nitrogen and oxygen atoms in total. The number of nitrogens with zero attached hydrogens (tertiary/aromatic N) is 2. The fraction of sp³-hybridized carbons (Fsp3) is 0.600. The second-order valence-corrected chi connectivity index (χ2v) is 6.15. The van der Waals surface area contributed by atoms with Gasteiger partial charge in [0.05, 0.1) is 9.95 Å². The standard InChI is InChI=1S/C15H22ClN3O2/c1-17-12-4-7-13(8-5-12)18(2)10-11-3-6-14(19(20)21)9-15(11)16/h3,6,9,12-13,17H,4-5,7-8,10H2,1-2H3. The van der Waals surface area contributed by atoms with Crippen LogP contribution in [0.1, 0.15) is 31.2 Å². The van der Waals surface area contributed by atoms with Gasteiger partial charge >= 0.3 is 0 Å². The van der Waals surface area contributed by atoms with Crippen molar-refractivity contribution in [1.29, 1.82) is 0 Å². The minimum Gasteiger partial charge on any atom is -0.317 e. The molecule has 0 aromatic heterocycles. The summed E-state index contributed by atoms with van der Waals surface area (Å²) < 4.78 is 0. The summed E-state index contributed by atoms with van der Waals surface area (Å²) in [5, 5.41) is 14.5. The van der Waals surface area contributed by atoms with Crippen molar-refractivity contribution in [3.8, 4) is 0 Å². The van der Waals surface area contributed by atoms with Crippen LogP contribution in [0.15, 0.2) is 18.2 Å². The van der Waals surface area contributed by atoms with Gasteiger partial charge in [0.1, 0.15) is 0 Å². The number of halogens is 1. The fourth-order valence-electron chi connectivity index (χ4n) is 2.98. The number of non-ortho nitro benzene ring substituents is 1. The maximum atomic E-state index is 10.7. The summed E-state index contributed by atoms with van der Waals surface area (Å²) >= 11 is 6.16. The summed E-state index contributed by atoms with van der Waals surface area (Å²) in [6, 6.07) is 5.91. The lowest BCUT2D eigenvalue weighted by Gasteiger charge is -2.34. The van der Waals surface area contributed by atoms with Crippen molar-refractivity contribution in [1.82, 2.24) is 10.2 Å². The molecule has 0 radical (unpaired) electrons. The van der Waals surface area contributed by atoms with Gasteiger partial charge in [-0.25, -0.2) is 0 Å². The summed E-state index contributed by atoms with van der Waals surface area (Å²) in [6.45, 7) is 0.728. The Balaban J connectivity index is 1.96. The molecule has 6 heteroatoms. The first-order valence-corrected chi connectivity index (χ1v) is 7.69. The van der Waals surface area contributed by atoms with Crippen molar-refractivity contribution in [3.05, 3.63) is 38.9 Å². The number of hydrogen-bond donors (Lipinski definition) is 1. The van der Waals surface area contributed by atoms with Crippen LogP contribution in [0.5, 0.6) is 0 Å². The van der Waals surface area contributed by atoms with Crippen LogP contribution in [-0.2, 0) is 6.54 Å². The van der Waals surface area contributed by atoms with Gasteiger partial charge in [-0.3, -0.25) is 15.0 Å². The van der Waals surface area contributed by atoms with E-state index in [4.69, 9.17) is 11.6 Å². The molecule has 1 fully saturated rings. The molecule has 1 aromatic carbocycles. The second kappa shape index (κ2) is 7.20. The van der Waals surface area contributed by atoms with Crippen molar-refractivity contribution in [2.24, 2.45) is 0 Å². The quantitative estimate of drug-likeness (QED) is 0.670. The Morgan fingerprint density at radius 3 is 2.57 bits per heavy atom. The number of benzene rings is 1. The van der Waals surface area contributed by atoms with E-state index in [0.717, 1.165) is 12.1 Å². The smallest absolute Gasteiger partial charge is 0.270 e. The Hall–Kier alpha value is -1.17. The molecule has 0 bridgehead atoms. The zero-order chi connectivity index (χ0) is 15.4. The highest BCUT2D eigenvalue weighted by molar-refractivity contribution is 6.31. The van der Waals surface area contributed by atoms with E-state index in [1.165, 1.54) is 37.8 Å². The summed E-state index contributed by atoms with van der Waals surface area (Å²) in [7, 11) is 4.12. The van der Waals surface area contributed by atoms with Crippen molar-refractivity contribution in [2.45, 2.75) is 44.3 Å². The lowest BCUT2D eigenvalue weighted by molar-refractivity contribution is -0.384. The van der Waals surface area contributed by atoms with Gasteiger partial charge in [0.15, 0.2) is 0 Å². The van der Waals surface area contributed by atoms with Gasteiger partial charge in [-0.1, -0.05) is 11.6 Å². The maximum Gasteiger partial charge on any atom is 0.270 e. The van der Waals surface area contributed by atoms with E-state index in [2.05, 4.69) is 17.3 Å². The van der Waals surface area contributed by atoms with Crippen molar-refractivity contribution >= 4 is 17.3 Å². The van der Waals surface area contributed by atoms with Gasteiger partial charge in [-0.15, -0.1) is 0 Å². The van der Waals surface area contributed by atoms with Gasteiger partial charge < -0.3 is 5.32 Å². The molecular formula is C15H22ClN3O2. The van der Waals surface area contributed by atoms with Gasteiger partial charge in [0.25, 0.3) is 5.69 Å². The number of nitro benzene ring substituents is 1. The molecule has 1 aliphatic rings. The molecule has 21 heavy (non-hydrogen) atoms. The van der Waals surface area contributed by atoms with Crippen LogP contribution in [0.2, 0.25) is 5.02 Å². The molecule has 0 unspecified atom stereocenters. The minimum absolute atomic E-state index is 0.0425. The molecule has 0 aliphatic heterocycles. The van der Waals surface area contributed by atoms with Crippen molar-refractivity contribution in [3.63, 3.8) is 0 Å². The van der Waals surface area contributed by atoms with Crippen LogP contribution in [0.3, 0.4) is 0 Å². The summed E-state index contributed by atoms with van der Waals surface area (Å²) in [4.78, 5) is 12.6. The minimum atomic E-state index is -0.418. The summed E-state index contributed by atoms with van der Waals surface area (Å²) in [5.74, 6) is 0. The highest BCUT2D eigenvalue weighted by Gasteiger charge is 2.23. The molecule has 0 atom stereocenters. The average Bonchev–Trinajstić information content (AvgIpc) is 2.49. The highest BCUT2D eigenvalue weighted by atomic mass is 35.5. The molecular weight excluding hydrogens is 290 g/mol. The SMILES string of the molecule is CNC1CCC(N(C)Cc2ccc([N+](=O)[O-])cc2Cl)CC1. The molecule has 1 saturated carbocycles. The van der Waals surface area contributed by atoms with Gasteiger partial charge in [-0.2, -0.15) is 0 Å². The summed E-state index contributed by atoms with van der Waals surface area (Å²) in [6.07, 6.45) is 4.73. The molecule has 0 saturated heterocycles. The molecule has 116 valence electrons. The lowest BCUT2D eigenvalue weighted by Crippen LogP contribution is -2.39. The van der Waals surface area contributed by atoms with Crippen molar-refractivity contribution in [2.75, 3.05) is 14.1 Å². The Morgan fingerprint density at radius 2 is 2.05 bits per heavy atom. The lowest BCUT2D eigenvalue weighted by atomic mass is 9.90. The van der Waals surface area contributed by atoms with E-state index >= 15 is 0 Å². The number of rotatable bonds is 5. The number of nitro groups is 1. The number of nitrogens with one attached hydrogen (secondary N) is 1. The van der Waals surface area contributed by atoms with Gasteiger partial charge in [0, 0.05) is 30.8 Å². The highest BCUT2D eigenvalue weighted by Crippen LogP contribution is 2.27. The van der Waals surface area contributed by atoms with E-state index in [1.807, 2.05) is 7.05 Å². The normalized spacial score (nSPS) is 22.5.